The van der Waals surface area contributed by atoms with Gasteiger partial charge in [0.25, 0.3) is 0 Å². The third kappa shape index (κ3) is 87.4. The van der Waals surface area contributed by atoms with E-state index in [1.165, 1.54) is 89.9 Å². The Morgan fingerprint density at radius 3 is 0.852 bits per heavy atom. The molecule has 0 spiro atoms. The molecular formula is C71H150O17. The molecule has 0 amide bonds. The molecule has 2 N–H and O–H groups in total. The van der Waals surface area contributed by atoms with E-state index < -0.39 is 0 Å². The van der Waals surface area contributed by atoms with E-state index in [-0.39, 0.29) is 20.6 Å². The van der Waals surface area contributed by atoms with Crippen LogP contribution in [0.4, 0.5) is 0 Å². The summed E-state index contributed by atoms with van der Waals surface area (Å²) >= 11 is 0. The molecule has 0 radical (unpaired) electrons. The van der Waals surface area contributed by atoms with Gasteiger partial charge in [-0.1, -0.05) is 161 Å². The molecule has 0 aromatic rings. The first kappa shape index (κ1) is 93.7. The van der Waals surface area contributed by atoms with Crippen molar-refractivity contribution in [2.45, 2.75) is 206 Å². The fraction of sp³-hybridized carbons (Fsp3) is 1.00. The first-order chi connectivity index (χ1) is 42.3. The maximum absolute atomic E-state index is 8.55. The number of aliphatic hydroxyl groups excluding tert-OH is 2. The van der Waals surface area contributed by atoms with Crippen LogP contribution in [0.2, 0.25) is 0 Å². The highest BCUT2D eigenvalue weighted by atomic mass is 16.6. The lowest BCUT2D eigenvalue weighted by molar-refractivity contribution is -0.0138. The monoisotopic (exact) mass is 1280 g/mol. The van der Waals surface area contributed by atoms with E-state index in [2.05, 4.69) is 83.1 Å². The molecule has 17 heteroatoms. The predicted octanol–water partition coefficient (Wildman–Crippen LogP) is 14.0. The Bertz CT molecular complexity index is 1210. The van der Waals surface area contributed by atoms with Crippen LogP contribution in [0, 0.1) is 47.3 Å². The topological polar surface area (TPSA) is 179 Å². The Morgan fingerprint density at radius 1 is 0.227 bits per heavy atom. The quantitative estimate of drug-likeness (QED) is 0.0549. The van der Waals surface area contributed by atoms with Crippen molar-refractivity contribution in [3.63, 3.8) is 0 Å². The van der Waals surface area contributed by atoms with Crippen LogP contribution in [0.3, 0.4) is 0 Å². The Labute approximate surface area is 544 Å². The molecule has 0 aliphatic carbocycles. The Morgan fingerprint density at radius 2 is 0.511 bits per heavy atom. The summed E-state index contributed by atoms with van der Waals surface area (Å²) in [5.41, 5.74) is 0. The van der Waals surface area contributed by atoms with Crippen molar-refractivity contribution in [1.82, 2.24) is 0 Å². The maximum atomic E-state index is 8.55. The molecule has 17 nitrogen and oxygen atoms in total. The van der Waals surface area contributed by atoms with Crippen LogP contribution in [0.15, 0.2) is 0 Å². The van der Waals surface area contributed by atoms with E-state index in [1.807, 2.05) is 0 Å². The first-order valence-electron chi connectivity index (χ1n) is 35.2. The van der Waals surface area contributed by atoms with Crippen LogP contribution in [0.1, 0.15) is 206 Å². The van der Waals surface area contributed by atoms with E-state index >= 15 is 0 Å². The number of hydrogen-bond donors (Lipinski definition) is 2. The Hall–Kier alpha value is -0.680. The summed E-state index contributed by atoms with van der Waals surface area (Å²) in [7, 11) is 0. The number of rotatable bonds is 70. The van der Waals surface area contributed by atoms with Crippen LogP contribution in [-0.2, 0) is 71.1 Å². The van der Waals surface area contributed by atoms with Crippen molar-refractivity contribution in [2.75, 3.05) is 211 Å². The van der Waals surface area contributed by atoms with Crippen LogP contribution < -0.4 is 0 Å². The Kier molecular flexibility index (Phi) is 85.8. The van der Waals surface area contributed by atoms with Gasteiger partial charge in [-0.15, -0.1) is 0 Å². The zero-order chi connectivity index (χ0) is 64.6. The van der Waals surface area contributed by atoms with Crippen LogP contribution in [0.5, 0.6) is 0 Å². The minimum Gasteiger partial charge on any atom is -0.394 e. The van der Waals surface area contributed by atoms with Gasteiger partial charge in [0.1, 0.15) is 0 Å². The second-order valence-corrected chi connectivity index (χ2v) is 24.9. The zero-order valence-electron chi connectivity index (χ0n) is 59.0. The minimum atomic E-state index is 0. The number of aliphatic hydroxyl groups is 2. The van der Waals surface area contributed by atoms with E-state index in [0.29, 0.717) is 172 Å². The fourth-order valence-electron chi connectivity index (χ4n) is 9.61. The van der Waals surface area contributed by atoms with Crippen molar-refractivity contribution >= 4 is 0 Å². The van der Waals surface area contributed by atoms with Crippen molar-refractivity contribution in [3.8, 4) is 0 Å². The minimum absolute atomic E-state index is 0. The van der Waals surface area contributed by atoms with Gasteiger partial charge in [0, 0.05) is 26.4 Å². The van der Waals surface area contributed by atoms with Gasteiger partial charge in [-0.2, -0.15) is 0 Å². The zero-order valence-corrected chi connectivity index (χ0v) is 59.0. The SMILES string of the molecule is C.CC(C)CC(C)CCCC(C)CCOCCOCCOCCOCCOCCO.CCC(CCCCCCOCCOCCOCCOCCOCCO)CC(C)C.CCCOCCOCCOCCOCCOCCC(C)CC(C)CCCC(C)C. The van der Waals surface area contributed by atoms with E-state index in [1.54, 1.807) is 0 Å². The van der Waals surface area contributed by atoms with Gasteiger partial charge < -0.3 is 81.3 Å². The molecule has 0 saturated heterocycles. The molecule has 0 aliphatic heterocycles. The summed E-state index contributed by atoms with van der Waals surface area (Å²) < 4.78 is 81.4. The highest BCUT2D eigenvalue weighted by molar-refractivity contribution is 4.63. The molecule has 0 aromatic carbocycles. The van der Waals surface area contributed by atoms with Crippen LogP contribution in [-0.4, -0.2) is 222 Å². The predicted molar refractivity (Wildman–Crippen MR) is 362 cm³/mol. The van der Waals surface area contributed by atoms with Crippen molar-refractivity contribution in [1.29, 1.82) is 0 Å². The molecule has 0 fully saturated rings. The number of unbranched alkanes of at least 4 members (excludes halogenated alkanes) is 3. The van der Waals surface area contributed by atoms with Gasteiger partial charge in [-0.3, -0.25) is 0 Å². The molecule has 0 saturated carbocycles. The first-order valence-corrected chi connectivity index (χ1v) is 35.2. The van der Waals surface area contributed by atoms with Crippen molar-refractivity contribution < 1.29 is 81.3 Å². The summed E-state index contributed by atoms with van der Waals surface area (Å²) in [6.07, 6.45) is 23.2. The van der Waals surface area contributed by atoms with Gasteiger partial charge in [-0.25, -0.2) is 0 Å². The summed E-state index contributed by atoms with van der Waals surface area (Å²) in [6.45, 7) is 45.9. The van der Waals surface area contributed by atoms with Crippen LogP contribution >= 0.6 is 0 Å². The van der Waals surface area contributed by atoms with Crippen molar-refractivity contribution in [3.05, 3.63) is 0 Å². The molecule has 88 heavy (non-hydrogen) atoms. The number of hydrogen-bond acceptors (Lipinski definition) is 17. The van der Waals surface area contributed by atoms with Gasteiger partial charge in [-0.05, 0) is 92.3 Å². The second-order valence-electron chi connectivity index (χ2n) is 24.9. The van der Waals surface area contributed by atoms with E-state index in [4.69, 9.17) is 81.3 Å². The summed E-state index contributed by atoms with van der Waals surface area (Å²) in [5, 5.41) is 17.1. The molecule has 0 rings (SSSR count). The van der Waals surface area contributed by atoms with Gasteiger partial charge in [0.2, 0.25) is 0 Å². The third-order valence-corrected chi connectivity index (χ3v) is 14.4. The smallest absolute Gasteiger partial charge is 0.0701 e. The molecule has 0 aliphatic rings. The van der Waals surface area contributed by atoms with Gasteiger partial charge in [0.05, 0.1) is 185 Å². The lowest BCUT2D eigenvalue weighted by Crippen LogP contribution is -2.14. The molecule has 5 atom stereocenters. The molecular weight excluding hydrogens is 1120 g/mol. The van der Waals surface area contributed by atoms with E-state index in [9.17, 15) is 0 Å². The Balaban J connectivity index is -0.000000598. The largest absolute Gasteiger partial charge is 0.394 e. The highest BCUT2D eigenvalue weighted by Crippen LogP contribution is 2.23. The van der Waals surface area contributed by atoms with Gasteiger partial charge >= 0.3 is 0 Å². The average Bonchev–Trinajstić information content (AvgIpc) is 3.48. The van der Waals surface area contributed by atoms with E-state index in [0.717, 1.165) is 99.5 Å². The summed E-state index contributed by atoms with van der Waals surface area (Å²) in [5.74, 6) is 6.53. The number of ether oxygens (including phenoxy) is 15. The van der Waals surface area contributed by atoms with Gasteiger partial charge in [0.15, 0.2) is 0 Å². The fourth-order valence-corrected chi connectivity index (χ4v) is 9.61. The molecule has 0 bridgehead atoms. The normalized spacial score (nSPS) is 13.3. The second kappa shape index (κ2) is 80.6. The lowest BCUT2D eigenvalue weighted by Gasteiger charge is -2.17. The summed E-state index contributed by atoms with van der Waals surface area (Å²) in [6, 6.07) is 0. The molecule has 0 aromatic heterocycles. The highest BCUT2D eigenvalue weighted by Gasteiger charge is 2.11. The van der Waals surface area contributed by atoms with Crippen LogP contribution in [0.25, 0.3) is 0 Å². The lowest BCUT2D eigenvalue weighted by atomic mass is 9.90. The third-order valence-electron chi connectivity index (χ3n) is 14.4. The standard InChI is InChI=1S/C24H50O5.2C23H48O6.CH4/c1-6-11-25-13-15-27-17-19-29-20-18-28-16-14-26-12-10-24(5)21-23(4)9-7-8-22(2)3;1-21(2)20-23(4)7-5-6-22(3)8-10-25-12-14-27-16-18-29-19-17-28-15-13-26-11-9-24;1-4-23(21-22(2)3)9-7-5-6-8-11-25-13-15-27-17-19-29-20-18-28-16-14-26-12-10-24;/h22-24H,6-21H2,1-5H3;21-24H,5-20H2,1-4H3;22-24H,4-21H2,1-3H3;1H4. The van der Waals surface area contributed by atoms with Crippen molar-refractivity contribution in [2.24, 2.45) is 47.3 Å². The molecule has 0 heterocycles. The molecule has 5 unspecified atom stereocenters. The maximum Gasteiger partial charge on any atom is 0.0701 e. The molecule has 536 valence electrons. The summed E-state index contributed by atoms with van der Waals surface area (Å²) in [4.78, 5) is 0. The average molecular weight is 1280 g/mol.